The fourth-order valence-corrected chi connectivity index (χ4v) is 2.06. The molecular weight excluding hydrogens is 241 g/mol. The predicted octanol–water partition coefficient (Wildman–Crippen LogP) is 3.88. The van der Waals surface area contributed by atoms with Crippen molar-refractivity contribution in [3.05, 3.63) is 33.8 Å². The molecule has 0 radical (unpaired) electrons. The molecule has 16 heavy (non-hydrogen) atoms. The van der Waals surface area contributed by atoms with Crippen LogP contribution in [0.1, 0.15) is 25.3 Å². The topological polar surface area (TPSA) is 12.0 Å². The molecule has 0 spiro atoms. The summed E-state index contributed by atoms with van der Waals surface area (Å²) in [6, 6.07) is 5.61. The summed E-state index contributed by atoms with van der Waals surface area (Å²) < 4.78 is 0. The fraction of sp³-hybridized carbons (Fsp3) is 0.385. The first kappa shape index (κ1) is 13.4. The molecule has 0 aliphatic rings. The summed E-state index contributed by atoms with van der Waals surface area (Å²) >= 11 is 11.8. The molecule has 86 valence electrons. The van der Waals surface area contributed by atoms with Gasteiger partial charge in [0.25, 0.3) is 0 Å². The summed E-state index contributed by atoms with van der Waals surface area (Å²) in [7, 11) is 0. The highest BCUT2D eigenvalue weighted by Gasteiger charge is 2.03. The van der Waals surface area contributed by atoms with Gasteiger partial charge in [-0.15, -0.1) is 6.42 Å². The van der Waals surface area contributed by atoms with Gasteiger partial charge in [-0.3, -0.25) is 5.32 Å². The smallest absolute Gasteiger partial charge is 0.0689 e. The Kier molecular flexibility index (Phi) is 5.69. The summed E-state index contributed by atoms with van der Waals surface area (Å²) in [6.45, 7) is 2.80. The van der Waals surface area contributed by atoms with Gasteiger partial charge < -0.3 is 0 Å². The molecule has 1 aromatic carbocycles. The molecule has 0 amide bonds. The molecule has 1 N–H and O–H groups in total. The van der Waals surface area contributed by atoms with Crippen molar-refractivity contribution in [1.82, 2.24) is 5.32 Å². The van der Waals surface area contributed by atoms with E-state index in [9.17, 15) is 0 Å². The van der Waals surface area contributed by atoms with Gasteiger partial charge in [0.05, 0.1) is 6.04 Å². The molecule has 0 heterocycles. The van der Waals surface area contributed by atoms with Gasteiger partial charge >= 0.3 is 0 Å². The number of halogens is 2. The Morgan fingerprint density at radius 3 is 2.44 bits per heavy atom. The van der Waals surface area contributed by atoms with E-state index in [0.717, 1.165) is 18.4 Å². The van der Waals surface area contributed by atoms with Crippen LogP contribution in [0.3, 0.4) is 0 Å². The van der Waals surface area contributed by atoms with E-state index in [1.54, 1.807) is 6.07 Å². The van der Waals surface area contributed by atoms with Crippen LogP contribution >= 0.6 is 23.2 Å². The minimum absolute atomic E-state index is 0.114. The van der Waals surface area contributed by atoms with Crippen LogP contribution in [0.25, 0.3) is 0 Å². The molecule has 1 atom stereocenters. The lowest BCUT2D eigenvalue weighted by atomic mass is 10.1. The van der Waals surface area contributed by atoms with E-state index >= 15 is 0 Å². The summed E-state index contributed by atoms with van der Waals surface area (Å²) in [4.78, 5) is 0. The summed E-state index contributed by atoms with van der Waals surface area (Å²) in [5.74, 6) is 2.73. The predicted molar refractivity (Wildman–Crippen MR) is 70.8 cm³/mol. The Morgan fingerprint density at radius 1 is 1.31 bits per heavy atom. The standard InChI is InChI=1S/C13H15Cl2N/c1-3-5-13(4-2)16-9-10-6-11(14)8-12(15)7-10/h2,6-8,13,16H,3,5,9H2,1H3. The highest BCUT2D eigenvalue weighted by atomic mass is 35.5. The van der Waals surface area contributed by atoms with Gasteiger partial charge in [-0.05, 0) is 30.2 Å². The third-order valence-corrected chi connectivity index (χ3v) is 2.69. The SMILES string of the molecule is C#CC(CCC)NCc1cc(Cl)cc(Cl)c1. The highest BCUT2D eigenvalue weighted by Crippen LogP contribution is 2.19. The van der Waals surface area contributed by atoms with Crippen LogP contribution < -0.4 is 5.32 Å². The zero-order chi connectivity index (χ0) is 12.0. The van der Waals surface area contributed by atoms with Gasteiger partial charge in [0.15, 0.2) is 0 Å². The number of hydrogen-bond donors (Lipinski definition) is 1. The lowest BCUT2D eigenvalue weighted by Crippen LogP contribution is -2.26. The molecule has 1 unspecified atom stereocenters. The van der Waals surface area contributed by atoms with Crippen molar-refractivity contribution in [1.29, 1.82) is 0 Å². The minimum atomic E-state index is 0.114. The Hall–Kier alpha value is -0.680. The molecule has 0 saturated heterocycles. The van der Waals surface area contributed by atoms with Gasteiger partial charge in [0.1, 0.15) is 0 Å². The number of benzene rings is 1. The number of rotatable bonds is 5. The maximum atomic E-state index is 5.91. The van der Waals surface area contributed by atoms with Gasteiger partial charge in [-0.25, -0.2) is 0 Å². The van der Waals surface area contributed by atoms with Crippen molar-refractivity contribution in [2.24, 2.45) is 0 Å². The largest absolute Gasteiger partial charge is 0.300 e. The molecule has 0 aromatic heterocycles. The first-order chi connectivity index (χ1) is 7.65. The van der Waals surface area contributed by atoms with Crippen molar-refractivity contribution in [2.75, 3.05) is 0 Å². The average molecular weight is 256 g/mol. The number of hydrogen-bond acceptors (Lipinski definition) is 1. The van der Waals surface area contributed by atoms with Crippen LogP contribution in [-0.4, -0.2) is 6.04 Å². The van der Waals surface area contributed by atoms with Crippen LogP contribution in [0.2, 0.25) is 10.0 Å². The van der Waals surface area contributed by atoms with Crippen molar-refractivity contribution >= 4 is 23.2 Å². The zero-order valence-electron chi connectivity index (χ0n) is 9.26. The van der Waals surface area contributed by atoms with Crippen LogP contribution in [-0.2, 0) is 6.54 Å². The molecule has 0 aliphatic carbocycles. The Morgan fingerprint density at radius 2 is 1.94 bits per heavy atom. The quantitative estimate of drug-likeness (QED) is 0.788. The molecule has 1 aromatic rings. The zero-order valence-corrected chi connectivity index (χ0v) is 10.8. The summed E-state index contributed by atoms with van der Waals surface area (Å²) in [6.07, 6.45) is 7.46. The Balaban J connectivity index is 2.57. The molecule has 0 fully saturated rings. The maximum Gasteiger partial charge on any atom is 0.0689 e. The van der Waals surface area contributed by atoms with Crippen LogP contribution in [0.4, 0.5) is 0 Å². The third kappa shape index (κ3) is 4.45. The van der Waals surface area contributed by atoms with Crippen molar-refractivity contribution in [2.45, 2.75) is 32.4 Å². The molecule has 0 aliphatic heterocycles. The van der Waals surface area contributed by atoms with Gasteiger partial charge in [0.2, 0.25) is 0 Å². The highest BCUT2D eigenvalue weighted by molar-refractivity contribution is 6.34. The van der Waals surface area contributed by atoms with E-state index in [1.807, 2.05) is 12.1 Å². The minimum Gasteiger partial charge on any atom is -0.300 e. The van der Waals surface area contributed by atoms with E-state index in [1.165, 1.54) is 0 Å². The van der Waals surface area contributed by atoms with E-state index in [-0.39, 0.29) is 6.04 Å². The molecule has 1 rings (SSSR count). The van der Waals surface area contributed by atoms with Crippen LogP contribution in [0.15, 0.2) is 18.2 Å². The van der Waals surface area contributed by atoms with Gasteiger partial charge in [-0.1, -0.05) is 42.5 Å². The average Bonchev–Trinajstić information content (AvgIpc) is 2.23. The lowest BCUT2D eigenvalue weighted by molar-refractivity contribution is 0.563. The lowest BCUT2D eigenvalue weighted by Gasteiger charge is -2.12. The van der Waals surface area contributed by atoms with E-state index < -0.39 is 0 Å². The molecule has 1 nitrogen and oxygen atoms in total. The monoisotopic (exact) mass is 255 g/mol. The second-order valence-corrected chi connectivity index (χ2v) is 4.54. The van der Waals surface area contributed by atoms with Gasteiger partial charge in [-0.2, -0.15) is 0 Å². The van der Waals surface area contributed by atoms with Crippen molar-refractivity contribution < 1.29 is 0 Å². The second kappa shape index (κ2) is 6.81. The van der Waals surface area contributed by atoms with E-state index in [4.69, 9.17) is 29.6 Å². The molecule has 3 heteroatoms. The molecule has 0 bridgehead atoms. The van der Waals surface area contributed by atoms with Crippen molar-refractivity contribution in [3.8, 4) is 12.3 Å². The second-order valence-electron chi connectivity index (χ2n) is 3.67. The Bertz CT molecular complexity index is 362. The first-order valence-corrected chi connectivity index (χ1v) is 6.05. The number of terminal acetylenes is 1. The van der Waals surface area contributed by atoms with Crippen LogP contribution in [0, 0.1) is 12.3 Å². The first-order valence-electron chi connectivity index (χ1n) is 5.30. The normalized spacial score (nSPS) is 12.1. The van der Waals surface area contributed by atoms with Crippen molar-refractivity contribution in [3.63, 3.8) is 0 Å². The molecular formula is C13H15Cl2N. The Labute approximate surface area is 107 Å². The van der Waals surface area contributed by atoms with Gasteiger partial charge in [0, 0.05) is 16.6 Å². The summed E-state index contributed by atoms with van der Waals surface area (Å²) in [5.41, 5.74) is 1.05. The summed E-state index contributed by atoms with van der Waals surface area (Å²) in [5, 5.41) is 4.59. The third-order valence-electron chi connectivity index (χ3n) is 2.25. The van der Waals surface area contributed by atoms with E-state index in [2.05, 4.69) is 18.2 Å². The fourth-order valence-electron chi connectivity index (χ4n) is 1.49. The van der Waals surface area contributed by atoms with E-state index in [0.29, 0.717) is 16.6 Å². The van der Waals surface area contributed by atoms with Crippen LogP contribution in [0.5, 0.6) is 0 Å². The molecule has 0 saturated carbocycles. The number of nitrogens with one attached hydrogen (secondary N) is 1. The maximum absolute atomic E-state index is 5.91.